The lowest BCUT2D eigenvalue weighted by atomic mass is 9.90. The van der Waals surface area contributed by atoms with Gasteiger partial charge in [0.2, 0.25) is 5.43 Å². The summed E-state index contributed by atoms with van der Waals surface area (Å²) in [6, 6.07) is 20.1. The SMILES string of the molecule is O=C(NC1CC1)c1cn(Cc2ccccc2)cc(C(=O)N2CCC[C@@H](c3ccccc3)C2)c1=O. The van der Waals surface area contributed by atoms with E-state index in [0.717, 1.165) is 31.2 Å². The van der Waals surface area contributed by atoms with Crippen molar-refractivity contribution in [1.82, 2.24) is 14.8 Å². The topological polar surface area (TPSA) is 71.4 Å². The number of carbonyl (C=O) groups excluding carboxylic acids is 2. The number of benzene rings is 2. The van der Waals surface area contributed by atoms with Crippen molar-refractivity contribution in [2.24, 2.45) is 0 Å². The van der Waals surface area contributed by atoms with E-state index in [9.17, 15) is 14.4 Å². The van der Waals surface area contributed by atoms with Crippen molar-refractivity contribution in [3.05, 3.63) is 106 Å². The van der Waals surface area contributed by atoms with Crippen LogP contribution in [0.2, 0.25) is 0 Å². The Morgan fingerprint density at radius 1 is 0.882 bits per heavy atom. The largest absolute Gasteiger partial charge is 0.349 e. The number of likely N-dealkylation sites (tertiary alicyclic amines) is 1. The lowest BCUT2D eigenvalue weighted by molar-refractivity contribution is 0.0705. The third-order valence-electron chi connectivity index (χ3n) is 6.65. The maximum Gasteiger partial charge on any atom is 0.259 e. The first-order valence-electron chi connectivity index (χ1n) is 12.0. The number of hydrogen-bond donors (Lipinski definition) is 1. The number of piperidine rings is 1. The third-order valence-corrected chi connectivity index (χ3v) is 6.65. The van der Waals surface area contributed by atoms with E-state index in [4.69, 9.17) is 0 Å². The summed E-state index contributed by atoms with van der Waals surface area (Å²) >= 11 is 0. The van der Waals surface area contributed by atoms with Gasteiger partial charge in [-0.1, -0.05) is 60.7 Å². The number of carbonyl (C=O) groups is 2. The van der Waals surface area contributed by atoms with Gasteiger partial charge in [0, 0.05) is 44.0 Å². The van der Waals surface area contributed by atoms with Crippen LogP contribution in [0, 0.1) is 0 Å². The van der Waals surface area contributed by atoms with Crippen molar-refractivity contribution < 1.29 is 9.59 Å². The van der Waals surface area contributed by atoms with Crippen molar-refractivity contribution in [2.75, 3.05) is 13.1 Å². The Hall–Kier alpha value is -3.67. The molecule has 1 N–H and O–H groups in total. The molecule has 0 bridgehead atoms. The summed E-state index contributed by atoms with van der Waals surface area (Å²) < 4.78 is 1.78. The van der Waals surface area contributed by atoms with Crippen LogP contribution in [0.25, 0.3) is 0 Å². The Morgan fingerprint density at radius 2 is 1.56 bits per heavy atom. The minimum Gasteiger partial charge on any atom is -0.349 e. The summed E-state index contributed by atoms with van der Waals surface area (Å²) in [6.45, 7) is 1.65. The molecule has 2 aliphatic rings. The average molecular weight is 456 g/mol. The van der Waals surface area contributed by atoms with Crippen molar-refractivity contribution in [3.8, 4) is 0 Å². The van der Waals surface area contributed by atoms with Crippen LogP contribution >= 0.6 is 0 Å². The van der Waals surface area contributed by atoms with E-state index in [1.807, 2.05) is 48.5 Å². The van der Waals surface area contributed by atoms with Crippen molar-refractivity contribution in [3.63, 3.8) is 0 Å². The number of rotatable bonds is 6. The standard InChI is InChI=1S/C28H29N3O3/c32-26-24(27(33)29-23-13-14-23)18-30(16-20-8-3-1-4-9-20)19-25(26)28(34)31-15-7-12-22(17-31)21-10-5-2-6-11-21/h1-6,8-11,18-19,22-23H,7,12-17H2,(H,29,33)/t22-/m1/s1. The van der Waals surface area contributed by atoms with Gasteiger partial charge in [-0.3, -0.25) is 14.4 Å². The summed E-state index contributed by atoms with van der Waals surface area (Å²) in [5, 5.41) is 2.90. The van der Waals surface area contributed by atoms with E-state index in [-0.39, 0.29) is 29.0 Å². The van der Waals surface area contributed by atoms with Crippen LogP contribution in [-0.2, 0) is 6.54 Å². The van der Waals surface area contributed by atoms with Crippen LogP contribution in [0.15, 0.2) is 77.9 Å². The fourth-order valence-electron chi connectivity index (χ4n) is 4.65. The van der Waals surface area contributed by atoms with Crippen molar-refractivity contribution in [2.45, 2.75) is 44.2 Å². The maximum atomic E-state index is 13.6. The van der Waals surface area contributed by atoms with Gasteiger partial charge < -0.3 is 14.8 Å². The number of amides is 2. The van der Waals surface area contributed by atoms with E-state index in [1.54, 1.807) is 21.9 Å². The minimum absolute atomic E-state index is 0.0327. The smallest absolute Gasteiger partial charge is 0.259 e. The second-order valence-corrected chi connectivity index (χ2v) is 9.32. The number of aromatic nitrogens is 1. The molecule has 1 saturated carbocycles. The fraction of sp³-hybridized carbons (Fsp3) is 0.321. The molecule has 3 aromatic rings. The first-order valence-corrected chi connectivity index (χ1v) is 12.0. The lowest BCUT2D eigenvalue weighted by Gasteiger charge is -2.33. The zero-order valence-electron chi connectivity index (χ0n) is 19.2. The highest BCUT2D eigenvalue weighted by Crippen LogP contribution is 2.27. The molecule has 2 amide bonds. The highest BCUT2D eigenvalue weighted by Gasteiger charge is 2.30. The molecular formula is C28H29N3O3. The van der Waals surface area contributed by atoms with Crippen LogP contribution in [0.3, 0.4) is 0 Å². The van der Waals surface area contributed by atoms with Crippen molar-refractivity contribution in [1.29, 1.82) is 0 Å². The molecular weight excluding hydrogens is 426 g/mol. The molecule has 1 saturated heterocycles. The molecule has 1 aliphatic heterocycles. The summed E-state index contributed by atoms with van der Waals surface area (Å²) in [5.74, 6) is -0.454. The van der Waals surface area contributed by atoms with E-state index >= 15 is 0 Å². The molecule has 1 aromatic heterocycles. The second-order valence-electron chi connectivity index (χ2n) is 9.32. The molecule has 1 atom stereocenters. The monoisotopic (exact) mass is 455 g/mol. The molecule has 2 aromatic carbocycles. The molecule has 2 heterocycles. The number of nitrogens with one attached hydrogen (secondary N) is 1. The van der Waals surface area contributed by atoms with E-state index in [0.29, 0.717) is 19.6 Å². The van der Waals surface area contributed by atoms with Crippen molar-refractivity contribution >= 4 is 11.8 Å². The molecule has 1 aliphatic carbocycles. The van der Waals surface area contributed by atoms with Gasteiger partial charge in [-0.25, -0.2) is 0 Å². The zero-order chi connectivity index (χ0) is 23.5. The van der Waals surface area contributed by atoms with E-state index < -0.39 is 11.3 Å². The highest BCUT2D eigenvalue weighted by atomic mass is 16.2. The first-order chi connectivity index (χ1) is 16.6. The quantitative estimate of drug-likeness (QED) is 0.615. The van der Waals surface area contributed by atoms with Crippen LogP contribution in [-0.4, -0.2) is 40.4 Å². The summed E-state index contributed by atoms with van der Waals surface area (Å²) in [6.07, 6.45) is 6.93. The molecule has 0 unspecified atom stereocenters. The lowest BCUT2D eigenvalue weighted by Crippen LogP contribution is -2.42. The molecule has 0 radical (unpaired) electrons. The normalized spacial score (nSPS) is 17.9. The number of hydrogen-bond acceptors (Lipinski definition) is 3. The van der Waals surface area contributed by atoms with Crippen LogP contribution < -0.4 is 10.7 Å². The Labute approximate surface area is 199 Å². The number of pyridine rings is 1. The van der Waals surface area contributed by atoms with Gasteiger partial charge in [0.15, 0.2) is 0 Å². The summed E-state index contributed by atoms with van der Waals surface area (Å²) in [7, 11) is 0. The average Bonchev–Trinajstić information content (AvgIpc) is 3.70. The van der Waals surface area contributed by atoms with Crippen LogP contribution in [0.5, 0.6) is 0 Å². The zero-order valence-corrected chi connectivity index (χ0v) is 19.2. The fourth-order valence-corrected chi connectivity index (χ4v) is 4.65. The van der Waals surface area contributed by atoms with Crippen LogP contribution in [0.4, 0.5) is 0 Å². The Kier molecular flexibility index (Phi) is 6.30. The summed E-state index contributed by atoms with van der Waals surface area (Å²) in [4.78, 5) is 41.6. The molecule has 6 heteroatoms. The Balaban J connectivity index is 1.46. The Bertz CT molecular complexity index is 1230. The second kappa shape index (κ2) is 9.67. The van der Waals surface area contributed by atoms with Gasteiger partial charge >= 0.3 is 0 Å². The predicted octanol–water partition coefficient (Wildman–Crippen LogP) is 3.81. The van der Waals surface area contributed by atoms with Gasteiger partial charge in [-0.2, -0.15) is 0 Å². The molecule has 6 nitrogen and oxygen atoms in total. The highest BCUT2D eigenvalue weighted by molar-refractivity contribution is 5.99. The molecule has 174 valence electrons. The van der Waals surface area contributed by atoms with Gasteiger partial charge in [-0.15, -0.1) is 0 Å². The minimum atomic E-state index is -0.491. The van der Waals surface area contributed by atoms with E-state index in [2.05, 4.69) is 17.4 Å². The Morgan fingerprint density at radius 3 is 2.26 bits per heavy atom. The molecule has 0 spiro atoms. The van der Waals surface area contributed by atoms with Gasteiger partial charge in [0.1, 0.15) is 11.1 Å². The van der Waals surface area contributed by atoms with Gasteiger partial charge in [-0.05, 0) is 36.8 Å². The molecule has 34 heavy (non-hydrogen) atoms. The van der Waals surface area contributed by atoms with Crippen LogP contribution in [0.1, 0.15) is 63.4 Å². The first kappa shape index (κ1) is 22.1. The molecule has 5 rings (SSSR count). The maximum absolute atomic E-state index is 13.6. The summed E-state index contributed by atoms with van der Waals surface area (Å²) in [5.41, 5.74) is 1.84. The third kappa shape index (κ3) is 4.96. The van der Waals surface area contributed by atoms with E-state index in [1.165, 1.54) is 5.56 Å². The number of nitrogens with zero attached hydrogens (tertiary/aromatic N) is 2. The van der Waals surface area contributed by atoms with Gasteiger partial charge in [0.25, 0.3) is 11.8 Å². The molecule has 2 fully saturated rings. The van der Waals surface area contributed by atoms with Gasteiger partial charge in [0.05, 0.1) is 0 Å². The predicted molar refractivity (Wildman–Crippen MR) is 131 cm³/mol.